The summed E-state index contributed by atoms with van der Waals surface area (Å²) in [5.74, 6) is -1.51. The number of nitrogens with zero attached hydrogens (tertiary/aromatic N) is 2. The number of carboxylic acid groups (broad SMARTS) is 1. The Balaban J connectivity index is 2.03. The molecule has 0 bridgehead atoms. The Hall–Kier alpha value is -2.61. The van der Waals surface area contributed by atoms with Gasteiger partial charge in [-0.1, -0.05) is 6.92 Å². The molecule has 2 aliphatic rings. The summed E-state index contributed by atoms with van der Waals surface area (Å²) < 4.78 is 22.7. The highest BCUT2D eigenvalue weighted by Crippen LogP contribution is 2.44. The molecule has 8 heteroatoms. The largest absolute Gasteiger partial charge is 0.487 e. The number of hydrogen-bond donors (Lipinski definition) is 2. The highest BCUT2D eigenvalue weighted by molar-refractivity contribution is 5.97. The monoisotopic (exact) mass is 375 g/mol. The van der Waals surface area contributed by atoms with Gasteiger partial charge in [-0.15, -0.1) is 0 Å². The fourth-order valence-electron chi connectivity index (χ4n) is 4.00. The van der Waals surface area contributed by atoms with Crippen LogP contribution >= 0.6 is 0 Å². The van der Waals surface area contributed by atoms with Crippen molar-refractivity contribution in [3.63, 3.8) is 0 Å². The van der Waals surface area contributed by atoms with E-state index in [4.69, 9.17) is 10.5 Å². The first-order valence-electron chi connectivity index (χ1n) is 8.93. The number of benzene rings is 1. The molecular formula is C19H22FN3O4. The van der Waals surface area contributed by atoms with Gasteiger partial charge >= 0.3 is 5.97 Å². The number of ether oxygens (including phenoxy) is 1. The third-order valence-corrected chi connectivity index (χ3v) is 5.84. The summed E-state index contributed by atoms with van der Waals surface area (Å²) >= 11 is 0. The highest BCUT2D eigenvalue weighted by Gasteiger charge is 2.40. The minimum absolute atomic E-state index is 0.0143. The lowest BCUT2D eigenvalue weighted by Gasteiger charge is -2.31. The van der Waals surface area contributed by atoms with Crippen molar-refractivity contribution < 1.29 is 19.0 Å². The summed E-state index contributed by atoms with van der Waals surface area (Å²) in [5, 5.41) is 9.36. The maximum atomic E-state index is 15.1. The first kappa shape index (κ1) is 17.8. The number of nitrogens with two attached hydrogens (primary N) is 1. The van der Waals surface area contributed by atoms with Gasteiger partial charge < -0.3 is 25.0 Å². The van der Waals surface area contributed by atoms with E-state index >= 15 is 4.39 Å². The molecule has 3 N–H and O–H groups in total. The van der Waals surface area contributed by atoms with Crippen LogP contribution in [0.15, 0.2) is 17.1 Å². The van der Waals surface area contributed by atoms with Crippen LogP contribution in [0.4, 0.5) is 10.1 Å². The lowest BCUT2D eigenvalue weighted by molar-refractivity contribution is 0.0694. The van der Waals surface area contributed by atoms with E-state index in [-0.39, 0.29) is 41.0 Å². The second kappa shape index (κ2) is 5.69. The first-order chi connectivity index (χ1) is 12.6. The van der Waals surface area contributed by atoms with Gasteiger partial charge in [-0.3, -0.25) is 4.79 Å². The summed E-state index contributed by atoms with van der Waals surface area (Å²) in [7, 11) is 0. The van der Waals surface area contributed by atoms with Crippen molar-refractivity contribution in [1.29, 1.82) is 0 Å². The highest BCUT2D eigenvalue weighted by atomic mass is 19.1. The van der Waals surface area contributed by atoms with E-state index < -0.39 is 22.8 Å². The Morgan fingerprint density at radius 1 is 1.44 bits per heavy atom. The summed E-state index contributed by atoms with van der Waals surface area (Å²) in [6, 6.07) is 0.937. The van der Waals surface area contributed by atoms with Gasteiger partial charge in [-0.05, 0) is 25.8 Å². The van der Waals surface area contributed by atoms with Crippen LogP contribution in [-0.2, 0) is 0 Å². The summed E-state index contributed by atoms with van der Waals surface area (Å²) in [6.07, 6.45) is 1.32. The molecule has 1 saturated heterocycles. The fourth-order valence-corrected chi connectivity index (χ4v) is 4.00. The van der Waals surface area contributed by atoms with Gasteiger partial charge in [-0.2, -0.15) is 0 Å². The van der Waals surface area contributed by atoms with E-state index in [1.165, 1.54) is 6.20 Å². The van der Waals surface area contributed by atoms with Crippen molar-refractivity contribution in [2.24, 2.45) is 11.7 Å². The molecule has 2 aliphatic heterocycles. The normalized spacial score (nSPS) is 27.1. The van der Waals surface area contributed by atoms with Crippen molar-refractivity contribution in [3.05, 3.63) is 33.9 Å². The second-order valence-electron chi connectivity index (χ2n) is 7.96. The van der Waals surface area contributed by atoms with Crippen molar-refractivity contribution in [3.8, 4) is 5.75 Å². The molecule has 3 heterocycles. The molecule has 144 valence electrons. The quantitative estimate of drug-likeness (QED) is 0.833. The van der Waals surface area contributed by atoms with Crippen molar-refractivity contribution in [2.45, 2.75) is 32.4 Å². The van der Waals surface area contributed by atoms with Gasteiger partial charge in [0.1, 0.15) is 17.9 Å². The van der Waals surface area contributed by atoms with E-state index in [1.54, 1.807) is 4.57 Å². The zero-order chi connectivity index (χ0) is 19.7. The average molecular weight is 375 g/mol. The summed E-state index contributed by atoms with van der Waals surface area (Å²) in [6.45, 7) is 7.08. The van der Waals surface area contributed by atoms with Crippen LogP contribution in [0.1, 0.15) is 37.2 Å². The number of hydrogen-bond acceptors (Lipinski definition) is 5. The van der Waals surface area contributed by atoms with Crippen LogP contribution < -0.4 is 20.8 Å². The molecule has 0 aliphatic carbocycles. The third-order valence-electron chi connectivity index (χ3n) is 5.84. The van der Waals surface area contributed by atoms with E-state index in [2.05, 4.69) is 0 Å². The van der Waals surface area contributed by atoms with Crippen molar-refractivity contribution in [1.82, 2.24) is 4.57 Å². The molecule has 7 nitrogen and oxygen atoms in total. The molecule has 3 atom stereocenters. The van der Waals surface area contributed by atoms with Gasteiger partial charge in [0.15, 0.2) is 11.6 Å². The maximum absolute atomic E-state index is 15.1. The standard InChI is InChI=1S/C19H22FN3O4/c1-9-5-22(8-19(9,3)21)15-13(20)4-11-14-17(15)27-7-10(2)23(14)6-12(16(11)24)18(25)26/h4,6,9-10H,5,7-8,21H2,1-3H3,(H,25,26)/t9?,10-,19?/m0/s1. The van der Waals surface area contributed by atoms with E-state index in [9.17, 15) is 14.7 Å². The van der Waals surface area contributed by atoms with Crippen molar-refractivity contribution in [2.75, 3.05) is 24.6 Å². The number of anilines is 1. The Labute approximate surface area is 155 Å². The SMILES string of the molecule is CC1CN(c2c(F)cc3c(=O)c(C(=O)O)cn4c3c2OC[C@@H]4C)CC1(C)N. The van der Waals surface area contributed by atoms with E-state index in [0.29, 0.717) is 18.6 Å². The predicted molar refractivity (Wildman–Crippen MR) is 99.3 cm³/mol. The van der Waals surface area contributed by atoms with Crippen LogP contribution in [0.3, 0.4) is 0 Å². The molecule has 2 unspecified atom stereocenters. The molecule has 1 fully saturated rings. The molecular weight excluding hydrogens is 353 g/mol. The number of halogens is 1. The molecule has 27 heavy (non-hydrogen) atoms. The van der Waals surface area contributed by atoms with E-state index in [1.807, 2.05) is 25.7 Å². The molecule has 1 aromatic carbocycles. The van der Waals surface area contributed by atoms with Crippen LogP contribution in [0.25, 0.3) is 10.9 Å². The van der Waals surface area contributed by atoms with Gasteiger partial charge in [0.25, 0.3) is 0 Å². The average Bonchev–Trinajstić information content (AvgIpc) is 2.84. The lowest BCUT2D eigenvalue weighted by atomic mass is 9.92. The Morgan fingerprint density at radius 2 is 2.15 bits per heavy atom. The predicted octanol–water partition coefficient (Wildman–Crippen LogP) is 1.97. The number of pyridine rings is 1. The topological polar surface area (TPSA) is 97.8 Å². The maximum Gasteiger partial charge on any atom is 0.341 e. The molecule has 0 spiro atoms. The van der Waals surface area contributed by atoms with Gasteiger partial charge in [-0.25, -0.2) is 9.18 Å². The molecule has 0 radical (unpaired) electrons. The number of carbonyl (C=O) groups is 1. The molecule has 1 aromatic heterocycles. The number of rotatable bonds is 2. The molecule has 0 amide bonds. The van der Waals surface area contributed by atoms with Crippen LogP contribution in [0.2, 0.25) is 0 Å². The van der Waals surface area contributed by atoms with Gasteiger partial charge in [0, 0.05) is 24.8 Å². The Bertz CT molecular complexity index is 1030. The fraction of sp³-hybridized carbons (Fsp3) is 0.474. The number of aromatic carboxylic acids is 1. The Kier molecular flexibility index (Phi) is 3.75. The zero-order valence-electron chi connectivity index (χ0n) is 15.5. The summed E-state index contributed by atoms with van der Waals surface area (Å²) in [5.41, 5.74) is 5.48. The lowest BCUT2D eigenvalue weighted by Crippen LogP contribution is -2.43. The van der Waals surface area contributed by atoms with Crippen LogP contribution in [-0.4, -0.2) is 40.9 Å². The third kappa shape index (κ3) is 2.50. The molecule has 4 rings (SSSR count). The smallest absolute Gasteiger partial charge is 0.341 e. The van der Waals surface area contributed by atoms with Gasteiger partial charge in [0.2, 0.25) is 5.43 Å². The van der Waals surface area contributed by atoms with Crippen molar-refractivity contribution >= 4 is 22.6 Å². The van der Waals surface area contributed by atoms with E-state index in [0.717, 1.165) is 6.07 Å². The molecule has 2 aromatic rings. The Morgan fingerprint density at radius 3 is 2.74 bits per heavy atom. The zero-order valence-corrected chi connectivity index (χ0v) is 15.5. The minimum atomic E-state index is -1.33. The first-order valence-corrected chi connectivity index (χ1v) is 8.93. The van der Waals surface area contributed by atoms with Gasteiger partial charge in [0.05, 0.1) is 16.9 Å². The van der Waals surface area contributed by atoms with Crippen LogP contribution in [0.5, 0.6) is 5.75 Å². The number of aromatic nitrogens is 1. The minimum Gasteiger partial charge on any atom is -0.487 e. The van der Waals surface area contributed by atoms with Crippen LogP contribution in [0, 0.1) is 11.7 Å². The number of carboxylic acids is 1. The summed E-state index contributed by atoms with van der Waals surface area (Å²) in [4.78, 5) is 25.9. The molecule has 0 saturated carbocycles. The second-order valence-corrected chi connectivity index (χ2v) is 7.96.